The Hall–Kier alpha value is -3.75. The standard InChI is InChI=1S/C20H33N5O10/c1-3-9(2)16(19(33)23-11(20(34)35)5-6-13(22)26)25-18(32)12(8-15(29)30)24-17(31)10(21)4-7-14(27)28/h9-12,16H,3-8,21H2,1-2H3,(H2,22,26)(H,23,33)(H,24,31)(H,25,32)(H,27,28)(H,29,30)(H,34,35). The van der Waals surface area contributed by atoms with E-state index in [2.05, 4.69) is 16.0 Å². The summed E-state index contributed by atoms with van der Waals surface area (Å²) in [6.45, 7) is 3.27. The van der Waals surface area contributed by atoms with Gasteiger partial charge in [-0.2, -0.15) is 0 Å². The monoisotopic (exact) mass is 503 g/mol. The number of rotatable bonds is 17. The molecule has 0 aliphatic carbocycles. The number of nitrogens with two attached hydrogens (primary N) is 2. The van der Waals surface area contributed by atoms with Crippen molar-refractivity contribution in [3.8, 4) is 0 Å². The summed E-state index contributed by atoms with van der Waals surface area (Å²) in [6.07, 6.45) is -1.80. The largest absolute Gasteiger partial charge is 0.481 e. The highest BCUT2D eigenvalue weighted by atomic mass is 16.4. The molecule has 0 saturated carbocycles. The fourth-order valence-corrected chi connectivity index (χ4v) is 2.83. The molecular weight excluding hydrogens is 470 g/mol. The molecule has 10 N–H and O–H groups in total. The van der Waals surface area contributed by atoms with Crippen molar-refractivity contribution in [2.24, 2.45) is 17.4 Å². The van der Waals surface area contributed by atoms with Gasteiger partial charge < -0.3 is 42.7 Å². The molecule has 15 heteroatoms. The van der Waals surface area contributed by atoms with Gasteiger partial charge in [-0.3, -0.25) is 28.8 Å². The predicted molar refractivity (Wildman–Crippen MR) is 118 cm³/mol. The minimum Gasteiger partial charge on any atom is -0.481 e. The number of carboxylic acid groups (broad SMARTS) is 3. The lowest BCUT2D eigenvalue weighted by atomic mass is 9.97. The zero-order chi connectivity index (χ0) is 27.3. The van der Waals surface area contributed by atoms with Crippen molar-refractivity contribution in [1.82, 2.24) is 16.0 Å². The molecule has 4 amide bonds. The molecule has 0 aliphatic rings. The summed E-state index contributed by atoms with van der Waals surface area (Å²) in [5, 5.41) is 33.8. The van der Waals surface area contributed by atoms with Gasteiger partial charge in [-0.05, 0) is 18.8 Å². The van der Waals surface area contributed by atoms with Crippen molar-refractivity contribution in [2.45, 2.75) is 76.5 Å². The van der Waals surface area contributed by atoms with Gasteiger partial charge in [0.1, 0.15) is 18.1 Å². The van der Waals surface area contributed by atoms with Gasteiger partial charge in [0, 0.05) is 12.8 Å². The van der Waals surface area contributed by atoms with Gasteiger partial charge in [0.05, 0.1) is 12.5 Å². The Kier molecular flexibility index (Phi) is 13.6. The van der Waals surface area contributed by atoms with Gasteiger partial charge in [0.15, 0.2) is 0 Å². The smallest absolute Gasteiger partial charge is 0.326 e. The van der Waals surface area contributed by atoms with Crippen molar-refractivity contribution in [3.05, 3.63) is 0 Å². The maximum absolute atomic E-state index is 12.8. The van der Waals surface area contributed by atoms with Crippen molar-refractivity contribution >= 4 is 41.5 Å². The first kappa shape index (κ1) is 31.2. The number of nitrogens with one attached hydrogen (secondary N) is 3. The first-order chi connectivity index (χ1) is 16.2. The van der Waals surface area contributed by atoms with E-state index in [0.717, 1.165) is 0 Å². The summed E-state index contributed by atoms with van der Waals surface area (Å²) >= 11 is 0. The molecule has 0 spiro atoms. The number of amides is 4. The van der Waals surface area contributed by atoms with E-state index in [4.69, 9.17) is 21.7 Å². The fourth-order valence-electron chi connectivity index (χ4n) is 2.83. The number of hydrogen-bond donors (Lipinski definition) is 8. The van der Waals surface area contributed by atoms with Crippen molar-refractivity contribution < 1.29 is 48.9 Å². The molecular formula is C20H33N5O10. The minimum atomic E-state index is -1.65. The molecule has 0 aromatic rings. The van der Waals surface area contributed by atoms with E-state index in [0.29, 0.717) is 6.42 Å². The number of carbonyl (C=O) groups is 7. The van der Waals surface area contributed by atoms with Gasteiger partial charge >= 0.3 is 17.9 Å². The summed E-state index contributed by atoms with van der Waals surface area (Å²) in [6, 6.07) is -5.76. The quantitative estimate of drug-likeness (QED) is 0.103. The minimum absolute atomic E-state index is 0.262. The molecule has 0 rings (SSSR count). The lowest BCUT2D eigenvalue weighted by Crippen LogP contribution is -2.59. The number of carbonyl (C=O) groups excluding carboxylic acids is 4. The maximum Gasteiger partial charge on any atom is 0.326 e. The Bertz CT molecular complexity index is 818. The van der Waals surface area contributed by atoms with Gasteiger partial charge in [-0.1, -0.05) is 20.3 Å². The van der Waals surface area contributed by atoms with Crippen LogP contribution in [0.25, 0.3) is 0 Å². The van der Waals surface area contributed by atoms with Crippen LogP contribution in [0.1, 0.15) is 52.4 Å². The second-order valence-corrected chi connectivity index (χ2v) is 7.97. The summed E-state index contributed by atoms with van der Waals surface area (Å²) in [7, 11) is 0. The molecule has 0 aliphatic heterocycles. The van der Waals surface area contributed by atoms with Crippen LogP contribution in [0.15, 0.2) is 0 Å². The van der Waals surface area contributed by atoms with Crippen LogP contribution in [0.3, 0.4) is 0 Å². The van der Waals surface area contributed by atoms with Crippen LogP contribution in [0.5, 0.6) is 0 Å². The average Bonchev–Trinajstić information content (AvgIpc) is 2.76. The Morgan fingerprint density at radius 2 is 1.34 bits per heavy atom. The lowest BCUT2D eigenvalue weighted by molar-refractivity contribution is -0.144. The summed E-state index contributed by atoms with van der Waals surface area (Å²) in [5.74, 6) is -8.30. The van der Waals surface area contributed by atoms with Crippen LogP contribution in [-0.4, -0.2) is 81.0 Å². The van der Waals surface area contributed by atoms with E-state index in [1.807, 2.05) is 0 Å². The van der Waals surface area contributed by atoms with Crippen LogP contribution >= 0.6 is 0 Å². The number of aliphatic carboxylic acids is 3. The van der Waals surface area contributed by atoms with E-state index >= 15 is 0 Å². The summed E-state index contributed by atoms with van der Waals surface area (Å²) in [4.78, 5) is 82.0. The van der Waals surface area contributed by atoms with Crippen LogP contribution in [0.4, 0.5) is 0 Å². The Labute approximate surface area is 201 Å². The van der Waals surface area contributed by atoms with E-state index in [1.165, 1.54) is 0 Å². The molecule has 198 valence electrons. The fraction of sp³-hybridized carbons (Fsp3) is 0.650. The molecule has 0 fully saturated rings. The SMILES string of the molecule is CCC(C)C(NC(=O)C(CC(=O)O)NC(=O)C(N)CCC(=O)O)C(=O)NC(CCC(N)=O)C(=O)O. The highest BCUT2D eigenvalue weighted by Crippen LogP contribution is 2.10. The third-order valence-corrected chi connectivity index (χ3v) is 5.10. The molecule has 0 bridgehead atoms. The molecule has 0 heterocycles. The second kappa shape index (κ2) is 15.2. The molecule has 0 radical (unpaired) electrons. The van der Waals surface area contributed by atoms with Crippen LogP contribution in [0, 0.1) is 5.92 Å². The molecule has 35 heavy (non-hydrogen) atoms. The van der Waals surface area contributed by atoms with Crippen LogP contribution in [0.2, 0.25) is 0 Å². The first-order valence-corrected chi connectivity index (χ1v) is 10.8. The molecule has 0 aromatic heterocycles. The Morgan fingerprint density at radius 1 is 0.771 bits per heavy atom. The Balaban J connectivity index is 5.56. The van der Waals surface area contributed by atoms with Crippen LogP contribution < -0.4 is 27.4 Å². The van der Waals surface area contributed by atoms with Crippen molar-refractivity contribution in [3.63, 3.8) is 0 Å². The molecule has 15 nitrogen and oxygen atoms in total. The number of carboxylic acids is 3. The topological polar surface area (TPSA) is 268 Å². The molecule has 0 saturated heterocycles. The summed E-state index contributed by atoms with van der Waals surface area (Å²) < 4.78 is 0. The zero-order valence-electron chi connectivity index (χ0n) is 19.5. The van der Waals surface area contributed by atoms with E-state index < -0.39 is 84.5 Å². The van der Waals surface area contributed by atoms with Gasteiger partial charge in [-0.15, -0.1) is 0 Å². The Morgan fingerprint density at radius 3 is 1.80 bits per heavy atom. The highest BCUT2D eigenvalue weighted by molar-refractivity contribution is 5.95. The summed E-state index contributed by atoms with van der Waals surface area (Å²) in [5.41, 5.74) is 10.6. The van der Waals surface area contributed by atoms with Crippen LogP contribution in [-0.2, 0) is 33.6 Å². The average molecular weight is 504 g/mol. The van der Waals surface area contributed by atoms with Gasteiger partial charge in [0.25, 0.3) is 0 Å². The number of hydrogen-bond acceptors (Lipinski definition) is 8. The predicted octanol–water partition coefficient (Wildman–Crippen LogP) is -2.50. The first-order valence-electron chi connectivity index (χ1n) is 10.8. The lowest BCUT2D eigenvalue weighted by Gasteiger charge is -2.27. The van der Waals surface area contributed by atoms with Crippen molar-refractivity contribution in [2.75, 3.05) is 0 Å². The molecule has 0 aromatic carbocycles. The maximum atomic E-state index is 12.8. The van der Waals surface area contributed by atoms with E-state index in [-0.39, 0.29) is 19.3 Å². The van der Waals surface area contributed by atoms with E-state index in [9.17, 15) is 38.7 Å². The van der Waals surface area contributed by atoms with E-state index in [1.54, 1.807) is 13.8 Å². The van der Waals surface area contributed by atoms with Gasteiger partial charge in [0.2, 0.25) is 23.6 Å². The molecule has 5 unspecified atom stereocenters. The second-order valence-electron chi connectivity index (χ2n) is 7.97. The van der Waals surface area contributed by atoms with Gasteiger partial charge in [-0.25, -0.2) is 4.79 Å². The van der Waals surface area contributed by atoms with Crippen molar-refractivity contribution in [1.29, 1.82) is 0 Å². The highest BCUT2D eigenvalue weighted by Gasteiger charge is 2.33. The molecule has 5 atom stereocenters. The zero-order valence-corrected chi connectivity index (χ0v) is 19.5. The third-order valence-electron chi connectivity index (χ3n) is 5.10. The normalized spacial score (nSPS) is 14.9. The third kappa shape index (κ3) is 12.3. The number of primary amides is 1.